The molecule has 0 amide bonds. The fourth-order valence-corrected chi connectivity index (χ4v) is 9.67. The van der Waals surface area contributed by atoms with E-state index >= 15 is 0 Å². The Balaban J connectivity index is 1.55. The quantitative estimate of drug-likeness (QED) is 0.137. The van der Waals surface area contributed by atoms with Gasteiger partial charge >= 0.3 is 0 Å². The summed E-state index contributed by atoms with van der Waals surface area (Å²) < 4.78 is 2.60. The van der Waals surface area contributed by atoms with Gasteiger partial charge in [0, 0.05) is 28.9 Å². The smallest absolute Gasteiger partial charge is 0.226 e. The van der Waals surface area contributed by atoms with Gasteiger partial charge in [0.15, 0.2) is 0 Å². The van der Waals surface area contributed by atoms with Crippen molar-refractivity contribution in [3.05, 3.63) is 51.7 Å². The van der Waals surface area contributed by atoms with Crippen LogP contribution in [0.15, 0.2) is 24.3 Å². The fraction of sp³-hybridized carbons (Fsp3) is 0.500. The van der Waals surface area contributed by atoms with E-state index in [4.69, 9.17) is 6.57 Å². The van der Waals surface area contributed by atoms with E-state index in [1.807, 2.05) is 22.7 Å². The van der Waals surface area contributed by atoms with Gasteiger partial charge in [0.25, 0.3) is 0 Å². The molecule has 4 aromatic heterocycles. The van der Waals surface area contributed by atoms with E-state index in [0.717, 1.165) is 22.7 Å². The van der Waals surface area contributed by atoms with Gasteiger partial charge in [0.05, 0.1) is 6.57 Å². The van der Waals surface area contributed by atoms with Gasteiger partial charge in [-0.05, 0) is 54.0 Å². The number of hydrogen-bond acceptors (Lipinski definition) is 5. The summed E-state index contributed by atoms with van der Waals surface area (Å²) in [6.45, 7) is 16.8. The molecule has 0 aromatic carbocycles. The molecule has 2 nitrogen and oxygen atoms in total. The van der Waals surface area contributed by atoms with Crippen molar-refractivity contribution >= 4 is 59.7 Å². The van der Waals surface area contributed by atoms with Crippen LogP contribution in [0.3, 0.4) is 0 Å². The molecule has 0 aliphatic rings. The second-order valence-electron chi connectivity index (χ2n) is 10.3. The molecule has 0 saturated heterocycles. The summed E-state index contributed by atoms with van der Waals surface area (Å²) in [5.41, 5.74) is 2.47. The van der Waals surface area contributed by atoms with Crippen molar-refractivity contribution in [2.24, 2.45) is 11.8 Å². The zero-order valence-electron chi connectivity index (χ0n) is 23.1. The van der Waals surface area contributed by atoms with Gasteiger partial charge in [-0.1, -0.05) is 85.1 Å². The highest BCUT2D eigenvalue weighted by atomic mass is 32.1. The largest absolute Gasteiger partial charge is 0.244 e. The number of nitrogens with zero attached hydrogens (tertiary/aromatic N) is 2. The second kappa shape index (κ2) is 13.9. The van der Waals surface area contributed by atoms with Crippen molar-refractivity contribution in [2.45, 2.75) is 91.9 Å². The van der Waals surface area contributed by atoms with Crippen LogP contribution in [0.1, 0.15) is 95.1 Å². The Morgan fingerprint density at radius 2 is 1.24 bits per heavy atom. The van der Waals surface area contributed by atoms with Crippen LogP contribution in [-0.2, 0) is 12.8 Å². The second-order valence-corrected chi connectivity index (χ2v) is 14.6. The van der Waals surface area contributed by atoms with Crippen LogP contribution >= 0.6 is 45.3 Å². The topological polar surface area (TPSA) is 28.1 Å². The predicted octanol–water partition coefficient (Wildman–Crippen LogP) is 12.4. The molecule has 2 unspecified atom stereocenters. The van der Waals surface area contributed by atoms with Crippen molar-refractivity contribution in [1.29, 1.82) is 5.26 Å². The average molecular weight is 579 g/mol. The maximum absolute atomic E-state index is 9.81. The SMILES string of the molecule is [C-]#[N+]c1sc(-c2cc3sc(-c4cc(CC(CC)CCCC)c(C#N)s4)cc3s2)cc1CC(CC)CCCC. The van der Waals surface area contributed by atoms with Crippen molar-refractivity contribution in [3.63, 3.8) is 0 Å². The zero-order valence-corrected chi connectivity index (χ0v) is 26.3. The third-order valence-electron chi connectivity index (χ3n) is 7.60. The minimum absolute atomic E-state index is 0.661. The Bertz CT molecular complexity index is 1280. The molecular weight excluding hydrogens is 541 g/mol. The minimum atomic E-state index is 0.661. The number of nitriles is 1. The van der Waals surface area contributed by atoms with Gasteiger partial charge in [-0.2, -0.15) is 16.6 Å². The van der Waals surface area contributed by atoms with E-state index in [2.05, 4.69) is 62.9 Å². The van der Waals surface area contributed by atoms with Crippen LogP contribution in [-0.4, -0.2) is 0 Å². The summed E-state index contributed by atoms with van der Waals surface area (Å²) >= 11 is 6.98. The van der Waals surface area contributed by atoms with Crippen LogP contribution in [0, 0.1) is 29.7 Å². The van der Waals surface area contributed by atoms with Crippen molar-refractivity contribution in [1.82, 2.24) is 0 Å². The van der Waals surface area contributed by atoms with Gasteiger partial charge in [-0.25, -0.2) is 4.85 Å². The van der Waals surface area contributed by atoms with Crippen LogP contribution in [0.2, 0.25) is 0 Å². The van der Waals surface area contributed by atoms with E-state index in [1.54, 1.807) is 22.7 Å². The monoisotopic (exact) mass is 578 g/mol. The Labute approximate surface area is 244 Å². The summed E-state index contributed by atoms with van der Waals surface area (Å²) in [5.74, 6) is 1.33. The van der Waals surface area contributed by atoms with Crippen molar-refractivity contribution < 1.29 is 0 Å². The molecule has 0 radical (unpaired) electrons. The summed E-state index contributed by atoms with van der Waals surface area (Å²) in [4.78, 5) is 9.77. The van der Waals surface area contributed by atoms with Crippen molar-refractivity contribution in [2.75, 3.05) is 0 Å². The predicted molar refractivity (Wildman–Crippen MR) is 171 cm³/mol. The van der Waals surface area contributed by atoms with E-state index in [9.17, 15) is 5.26 Å². The van der Waals surface area contributed by atoms with E-state index in [-0.39, 0.29) is 0 Å². The first-order valence-corrected chi connectivity index (χ1v) is 17.4. The summed E-state index contributed by atoms with van der Waals surface area (Å²) in [5, 5.41) is 10.7. The third-order valence-corrected chi connectivity index (χ3v) is 12.4. The lowest BCUT2D eigenvalue weighted by atomic mass is 9.92. The molecular formula is C32H38N2S4. The van der Waals surface area contributed by atoms with Gasteiger partial charge in [-0.3, -0.25) is 0 Å². The maximum atomic E-state index is 9.81. The lowest BCUT2D eigenvalue weighted by Gasteiger charge is -2.13. The van der Waals surface area contributed by atoms with E-state index in [0.29, 0.717) is 11.8 Å². The lowest BCUT2D eigenvalue weighted by Crippen LogP contribution is -2.03. The molecule has 2 atom stereocenters. The number of unbranched alkanes of at least 4 members (excludes halogenated alkanes) is 2. The van der Waals surface area contributed by atoms with Crippen LogP contribution in [0.25, 0.3) is 33.8 Å². The maximum Gasteiger partial charge on any atom is 0.244 e. The Kier molecular flexibility index (Phi) is 10.6. The van der Waals surface area contributed by atoms with Crippen LogP contribution in [0.5, 0.6) is 0 Å². The average Bonchev–Trinajstić information content (AvgIpc) is 3.70. The number of rotatable bonds is 14. The summed E-state index contributed by atoms with van der Waals surface area (Å²) in [6, 6.07) is 11.7. The van der Waals surface area contributed by atoms with Crippen LogP contribution in [0.4, 0.5) is 5.00 Å². The summed E-state index contributed by atoms with van der Waals surface area (Å²) in [7, 11) is 0. The van der Waals surface area contributed by atoms with Gasteiger partial charge in [-0.15, -0.1) is 34.0 Å². The van der Waals surface area contributed by atoms with Crippen molar-refractivity contribution in [3.8, 4) is 25.6 Å². The molecule has 0 N–H and O–H groups in total. The summed E-state index contributed by atoms with van der Waals surface area (Å²) in [6.07, 6.45) is 11.9. The first kappa shape index (κ1) is 29.0. The van der Waals surface area contributed by atoms with E-state index in [1.165, 1.54) is 91.4 Å². The molecule has 0 fully saturated rings. The third kappa shape index (κ3) is 6.78. The molecule has 4 heterocycles. The molecule has 6 heteroatoms. The standard InChI is InChI=1S/C32H38N2S4/c1-6-10-12-21(8-3)14-23-16-25(37-31(23)20-33)27-18-29-30(35-27)19-28(36-29)26-17-24(32(34-5)38-26)15-22(9-4)13-11-7-2/h16-19,21-22H,6-15H2,1-4H3. The first-order valence-electron chi connectivity index (χ1n) is 14.1. The molecule has 0 aliphatic heterocycles. The van der Waals surface area contributed by atoms with Gasteiger partial charge in [0.2, 0.25) is 5.00 Å². The Morgan fingerprint density at radius 1 is 0.737 bits per heavy atom. The zero-order chi connectivity index (χ0) is 27.1. The minimum Gasteiger partial charge on any atom is -0.226 e. The number of fused-ring (bicyclic) bond motifs is 1. The highest BCUT2D eigenvalue weighted by Gasteiger charge is 2.19. The first-order chi connectivity index (χ1) is 18.5. The van der Waals surface area contributed by atoms with Crippen LogP contribution < -0.4 is 0 Å². The molecule has 0 aliphatic carbocycles. The lowest BCUT2D eigenvalue weighted by molar-refractivity contribution is 0.449. The normalized spacial score (nSPS) is 13.0. The molecule has 4 aromatic rings. The van der Waals surface area contributed by atoms with Gasteiger partial charge in [0.1, 0.15) is 10.9 Å². The van der Waals surface area contributed by atoms with Gasteiger partial charge < -0.3 is 0 Å². The Morgan fingerprint density at radius 3 is 1.74 bits per heavy atom. The molecule has 38 heavy (non-hydrogen) atoms. The number of thiophene rings is 4. The molecule has 0 bridgehead atoms. The molecule has 4 rings (SSSR count). The number of hydrogen-bond donors (Lipinski definition) is 0. The molecule has 0 saturated carbocycles. The highest BCUT2D eigenvalue weighted by molar-refractivity contribution is 7.33. The molecule has 200 valence electrons. The van der Waals surface area contributed by atoms with E-state index < -0.39 is 0 Å². The molecule has 0 spiro atoms. The highest BCUT2D eigenvalue weighted by Crippen LogP contribution is 2.47. The fourth-order valence-electron chi connectivity index (χ4n) is 5.17. The Hall–Kier alpha value is -1.96.